The minimum Gasteiger partial charge on any atom is -0.355 e. The first kappa shape index (κ1) is 13.5. The minimum absolute atomic E-state index is 0.00829. The lowest BCUT2D eigenvalue weighted by molar-refractivity contribution is -0.118. The van der Waals surface area contributed by atoms with Crippen LogP contribution in [-0.4, -0.2) is 24.0 Å². The van der Waals surface area contributed by atoms with E-state index in [0.717, 1.165) is 29.7 Å². The molecule has 0 atom stereocenters. The second-order valence-electron chi connectivity index (χ2n) is 4.64. The Morgan fingerprint density at radius 2 is 2.05 bits per heavy atom. The van der Waals surface area contributed by atoms with Crippen LogP contribution in [0.15, 0.2) is 30.3 Å². The van der Waals surface area contributed by atoms with Crippen molar-refractivity contribution in [2.24, 2.45) is 0 Å². The molecule has 0 unspecified atom stereocenters. The number of rotatable bonds is 5. The molecule has 1 amide bonds. The first-order chi connectivity index (χ1) is 9.15. The van der Waals surface area contributed by atoms with Crippen molar-refractivity contribution >= 4 is 16.8 Å². The van der Waals surface area contributed by atoms with Gasteiger partial charge in [0, 0.05) is 37.6 Å². The highest BCUT2D eigenvalue weighted by Crippen LogP contribution is 2.14. The van der Waals surface area contributed by atoms with Crippen LogP contribution in [0.5, 0.6) is 0 Å². The number of hydrogen-bond donors (Lipinski definition) is 2. The molecule has 1 heterocycles. The Bertz CT molecular complexity index is 581. The highest BCUT2D eigenvalue weighted by atomic mass is 16.1. The maximum atomic E-state index is 10.7. The quantitative estimate of drug-likeness (QED) is 0.803. The molecule has 1 aromatic carbocycles. The van der Waals surface area contributed by atoms with Gasteiger partial charge in [0.25, 0.3) is 0 Å². The van der Waals surface area contributed by atoms with Crippen LogP contribution in [0.2, 0.25) is 0 Å². The standard InChI is InChI=1S/C15H19N3O/c1-11-3-5-14-9-13(4-6-15(14)18-11)10-16-7-8-17-12(2)19/h3-6,9,16H,7-8,10H2,1-2H3,(H,17,19). The minimum atomic E-state index is 0.00829. The van der Waals surface area contributed by atoms with Crippen LogP contribution in [0, 0.1) is 6.92 Å². The average Bonchev–Trinajstić information content (AvgIpc) is 2.38. The normalized spacial score (nSPS) is 10.6. The van der Waals surface area contributed by atoms with Crippen LogP contribution in [-0.2, 0) is 11.3 Å². The number of pyridine rings is 1. The summed E-state index contributed by atoms with van der Waals surface area (Å²) in [7, 11) is 0. The number of aromatic nitrogens is 1. The Hall–Kier alpha value is -1.94. The summed E-state index contributed by atoms with van der Waals surface area (Å²) < 4.78 is 0. The van der Waals surface area contributed by atoms with Gasteiger partial charge in [0.1, 0.15) is 0 Å². The molecule has 0 bridgehead atoms. The Morgan fingerprint density at radius 1 is 1.21 bits per heavy atom. The molecule has 2 aromatic rings. The van der Waals surface area contributed by atoms with Gasteiger partial charge in [0.2, 0.25) is 5.91 Å². The lowest BCUT2D eigenvalue weighted by Gasteiger charge is -2.07. The fraction of sp³-hybridized carbons (Fsp3) is 0.333. The van der Waals surface area contributed by atoms with E-state index in [1.54, 1.807) is 0 Å². The van der Waals surface area contributed by atoms with Gasteiger partial charge in [-0.15, -0.1) is 0 Å². The molecule has 0 aliphatic carbocycles. The molecule has 0 saturated heterocycles. The number of amides is 1. The van der Waals surface area contributed by atoms with Gasteiger partial charge in [-0.25, -0.2) is 0 Å². The third-order valence-corrected chi connectivity index (χ3v) is 2.90. The monoisotopic (exact) mass is 257 g/mol. The van der Waals surface area contributed by atoms with Gasteiger partial charge in [0.15, 0.2) is 0 Å². The number of fused-ring (bicyclic) bond motifs is 1. The first-order valence-corrected chi connectivity index (χ1v) is 6.46. The number of carbonyl (C=O) groups excluding carboxylic acids is 1. The molecule has 0 aliphatic rings. The summed E-state index contributed by atoms with van der Waals surface area (Å²) in [4.78, 5) is 15.2. The van der Waals surface area contributed by atoms with Crippen LogP contribution in [0.4, 0.5) is 0 Å². The second-order valence-corrected chi connectivity index (χ2v) is 4.64. The highest BCUT2D eigenvalue weighted by molar-refractivity contribution is 5.79. The molecule has 1 aromatic heterocycles. The molecular weight excluding hydrogens is 238 g/mol. The first-order valence-electron chi connectivity index (χ1n) is 6.46. The third kappa shape index (κ3) is 4.03. The molecule has 2 rings (SSSR count). The van der Waals surface area contributed by atoms with Gasteiger partial charge in [-0.3, -0.25) is 9.78 Å². The van der Waals surface area contributed by atoms with E-state index < -0.39 is 0 Å². The van der Waals surface area contributed by atoms with Crippen molar-refractivity contribution in [1.29, 1.82) is 0 Å². The summed E-state index contributed by atoms with van der Waals surface area (Å²) in [6.45, 7) is 5.74. The van der Waals surface area contributed by atoms with Gasteiger partial charge >= 0.3 is 0 Å². The number of carbonyl (C=O) groups is 1. The van der Waals surface area contributed by atoms with E-state index in [2.05, 4.69) is 33.8 Å². The van der Waals surface area contributed by atoms with Crippen LogP contribution in [0.3, 0.4) is 0 Å². The van der Waals surface area contributed by atoms with Crippen molar-refractivity contribution in [1.82, 2.24) is 15.6 Å². The SMILES string of the molecule is CC(=O)NCCNCc1ccc2nc(C)ccc2c1. The van der Waals surface area contributed by atoms with Crippen LogP contribution in [0.1, 0.15) is 18.2 Å². The Labute approximate surface area is 113 Å². The van der Waals surface area contributed by atoms with Gasteiger partial charge in [-0.2, -0.15) is 0 Å². The van der Waals surface area contributed by atoms with Crippen molar-refractivity contribution < 1.29 is 4.79 Å². The molecule has 0 fully saturated rings. The Morgan fingerprint density at radius 3 is 2.84 bits per heavy atom. The summed E-state index contributed by atoms with van der Waals surface area (Å²) >= 11 is 0. The molecule has 0 radical (unpaired) electrons. The van der Waals surface area contributed by atoms with E-state index in [4.69, 9.17) is 0 Å². The maximum absolute atomic E-state index is 10.7. The molecule has 4 heteroatoms. The van der Waals surface area contributed by atoms with E-state index in [1.807, 2.05) is 19.1 Å². The highest BCUT2D eigenvalue weighted by Gasteiger charge is 1.98. The van der Waals surface area contributed by atoms with Crippen LogP contribution >= 0.6 is 0 Å². The van der Waals surface area contributed by atoms with Gasteiger partial charge in [-0.1, -0.05) is 12.1 Å². The molecule has 0 saturated carbocycles. The van der Waals surface area contributed by atoms with Crippen molar-refractivity contribution in [2.75, 3.05) is 13.1 Å². The summed E-state index contributed by atoms with van der Waals surface area (Å²) in [5, 5.41) is 7.21. The maximum Gasteiger partial charge on any atom is 0.216 e. The van der Waals surface area contributed by atoms with Crippen molar-refractivity contribution in [3.8, 4) is 0 Å². The number of aryl methyl sites for hydroxylation is 1. The average molecular weight is 257 g/mol. The Balaban J connectivity index is 1.91. The summed E-state index contributed by atoms with van der Waals surface area (Å²) in [5.41, 5.74) is 3.29. The van der Waals surface area contributed by atoms with Crippen molar-refractivity contribution in [3.05, 3.63) is 41.6 Å². The van der Waals surface area contributed by atoms with E-state index in [1.165, 1.54) is 12.5 Å². The summed E-state index contributed by atoms with van der Waals surface area (Å²) in [6, 6.07) is 10.4. The van der Waals surface area contributed by atoms with E-state index in [9.17, 15) is 4.79 Å². The molecule has 19 heavy (non-hydrogen) atoms. The fourth-order valence-electron chi connectivity index (χ4n) is 1.95. The van der Waals surface area contributed by atoms with E-state index >= 15 is 0 Å². The van der Waals surface area contributed by atoms with Gasteiger partial charge in [0.05, 0.1) is 5.52 Å². The molecule has 2 N–H and O–H groups in total. The number of nitrogens with zero attached hydrogens (tertiary/aromatic N) is 1. The van der Waals surface area contributed by atoms with Gasteiger partial charge < -0.3 is 10.6 Å². The summed E-state index contributed by atoms with van der Waals surface area (Å²) in [6.07, 6.45) is 0. The van der Waals surface area contributed by atoms with Crippen molar-refractivity contribution in [2.45, 2.75) is 20.4 Å². The van der Waals surface area contributed by atoms with E-state index in [0.29, 0.717) is 6.54 Å². The number of hydrogen-bond acceptors (Lipinski definition) is 3. The van der Waals surface area contributed by atoms with E-state index in [-0.39, 0.29) is 5.91 Å². The molecule has 0 aliphatic heterocycles. The molecule has 100 valence electrons. The largest absolute Gasteiger partial charge is 0.355 e. The smallest absolute Gasteiger partial charge is 0.216 e. The third-order valence-electron chi connectivity index (χ3n) is 2.90. The van der Waals surface area contributed by atoms with Gasteiger partial charge in [-0.05, 0) is 30.7 Å². The fourth-order valence-corrected chi connectivity index (χ4v) is 1.95. The molecule has 4 nitrogen and oxygen atoms in total. The zero-order valence-electron chi connectivity index (χ0n) is 11.4. The predicted molar refractivity (Wildman–Crippen MR) is 76.9 cm³/mol. The lowest BCUT2D eigenvalue weighted by Crippen LogP contribution is -2.29. The van der Waals surface area contributed by atoms with Crippen LogP contribution in [0.25, 0.3) is 10.9 Å². The van der Waals surface area contributed by atoms with Crippen LogP contribution < -0.4 is 10.6 Å². The topological polar surface area (TPSA) is 54.0 Å². The number of nitrogens with one attached hydrogen (secondary N) is 2. The van der Waals surface area contributed by atoms with Crippen molar-refractivity contribution in [3.63, 3.8) is 0 Å². The molecule has 0 spiro atoms. The summed E-state index contributed by atoms with van der Waals surface area (Å²) in [5.74, 6) is 0.00829. The number of benzene rings is 1. The Kier molecular flexibility index (Phi) is 4.47. The lowest BCUT2D eigenvalue weighted by atomic mass is 10.1. The zero-order valence-corrected chi connectivity index (χ0v) is 11.4. The second kappa shape index (κ2) is 6.29. The zero-order chi connectivity index (χ0) is 13.7. The molecular formula is C15H19N3O. The predicted octanol–water partition coefficient (Wildman–Crippen LogP) is 1.77.